The Kier molecular flexibility index (Phi) is 6.75. The van der Waals surface area contributed by atoms with Gasteiger partial charge >= 0.3 is 5.97 Å². The van der Waals surface area contributed by atoms with Crippen LogP contribution in [-0.2, 0) is 17.8 Å². The van der Waals surface area contributed by atoms with Gasteiger partial charge in [-0.1, -0.05) is 42.5 Å². The summed E-state index contributed by atoms with van der Waals surface area (Å²) in [6, 6.07) is 17.5. The number of carbonyl (C=O) groups excluding carboxylic acids is 1. The molecule has 0 aliphatic carbocycles. The minimum atomic E-state index is -1.26. The number of hydrogen-bond donors (Lipinski definition) is 2. The fourth-order valence-corrected chi connectivity index (χ4v) is 2.82. The van der Waals surface area contributed by atoms with Crippen LogP contribution in [-0.4, -0.2) is 23.0 Å². The Bertz CT molecular complexity index is 1000. The lowest BCUT2D eigenvalue weighted by Gasteiger charge is -2.15. The highest BCUT2D eigenvalue weighted by molar-refractivity contribution is 5.96. The van der Waals surface area contributed by atoms with Crippen LogP contribution in [0.5, 0.6) is 5.75 Å². The number of benzene rings is 3. The molecule has 0 bridgehead atoms. The van der Waals surface area contributed by atoms with E-state index >= 15 is 0 Å². The number of hydrogen-bond acceptors (Lipinski definition) is 3. The van der Waals surface area contributed by atoms with E-state index in [2.05, 4.69) is 5.32 Å². The molecule has 0 fully saturated rings. The molecule has 1 atom stereocenters. The smallest absolute Gasteiger partial charge is 0.326 e. The van der Waals surface area contributed by atoms with Gasteiger partial charge in [0.25, 0.3) is 5.91 Å². The summed E-state index contributed by atoms with van der Waals surface area (Å²) in [7, 11) is 0. The number of rotatable bonds is 8. The second-order valence-corrected chi connectivity index (χ2v) is 6.64. The Morgan fingerprint density at radius 2 is 1.53 bits per heavy atom. The summed E-state index contributed by atoms with van der Waals surface area (Å²) >= 11 is 0. The summed E-state index contributed by atoms with van der Waals surface area (Å²) < 4.78 is 32.3. The maximum absolute atomic E-state index is 13.3. The second-order valence-electron chi connectivity index (χ2n) is 6.64. The van der Waals surface area contributed by atoms with E-state index < -0.39 is 29.6 Å². The summed E-state index contributed by atoms with van der Waals surface area (Å²) in [6.07, 6.45) is -0.00215. The van der Waals surface area contributed by atoms with Crippen molar-refractivity contribution < 1.29 is 28.2 Å². The lowest BCUT2D eigenvalue weighted by Crippen LogP contribution is -2.42. The molecule has 0 radical (unpaired) electrons. The van der Waals surface area contributed by atoms with Crippen molar-refractivity contribution in [2.75, 3.05) is 0 Å². The Labute approximate surface area is 171 Å². The van der Waals surface area contributed by atoms with Crippen LogP contribution in [0.3, 0.4) is 0 Å². The average Bonchev–Trinajstić information content (AvgIpc) is 2.72. The molecule has 0 saturated carbocycles. The number of ether oxygens (including phenoxy) is 1. The first kappa shape index (κ1) is 21.0. The standard InChI is InChI=1S/C23H19F2NO4/c24-18-11-17(12-19(25)13-18)22(27)26-21(23(28)29)10-15-6-8-20(9-7-15)30-14-16-4-2-1-3-5-16/h1-9,11-13,21H,10,14H2,(H,26,27)(H,28,29)/t21-/m1/s1. The van der Waals surface area contributed by atoms with Gasteiger partial charge in [-0.05, 0) is 35.4 Å². The normalized spacial score (nSPS) is 11.5. The summed E-state index contributed by atoms with van der Waals surface area (Å²) in [5, 5.41) is 11.7. The van der Waals surface area contributed by atoms with Crippen LogP contribution in [0.15, 0.2) is 72.8 Å². The maximum atomic E-state index is 13.3. The predicted octanol–water partition coefficient (Wildman–Crippen LogP) is 3.97. The monoisotopic (exact) mass is 411 g/mol. The highest BCUT2D eigenvalue weighted by Crippen LogP contribution is 2.16. The number of carboxylic acids is 1. The molecule has 0 aliphatic heterocycles. The largest absolute Gasteiger partial charge is 0.489 e. The van der Waals surface area contributed by atoms with Crippen molar-refractivity contribution in [3.63, 3.8) is 0 Å². The molecule has 0 spiro atoms. The molecule has 0 aromatic heterocycles. The highest BCUT2D eigenvalue weighted by atomic mass is 19.1. The zero-order valence-electron chi connectivity index (χ0n) is 15.8. The zero-order chi connectivity index (χ0) is 21.5. The van der Waals surface area contributed by atoms with Gasteiger partial charge in [0.1, 0.15) is 30.0 Å². The summed E-state index contributed by atoms with van der Waals surface area (Å²) in [4.78, 5) is 23.7. The van der Waals surface area contributed by atoms with Gasteiger partial charge in [-0.25, -0.2) is 13.6 Å². The van der Waals surface area contributed by atoms with Crippen molar-refractivity contribution in [1.29, 1.82) is 0 Å². The summed E-state index contributed by atoms with van der Waals surface area (Å²) in [5.41, 5.74) is 1.38. The molecule has 3 aromatic carbocycles. The summed E-state index contributed by atoms with van der Waals surface area (Å²) in [6.45, 7) is 0.401. The van der Waals surface area contributed by atoms with E-state index in [1.54, 1.807) is 24.3 Å². The molecule has 0 heterocycles. The molecule has 5 nitrogen and oxygen atoms in total. The number of halogens is 2. The molecule has 0 unspecified atom stereocenters. The van der Waals surface area contributed by atoms with Gasteiger partial charge in [-0.3, -0.25) is 4.79 Å². The third-order valence-corrected chi connectivity index (χ3v) is 4.34. The fraction of sp³-hybridized carbons (Fsp3) is 0.130. The molecular weight excluding hydrogens is 392 g/mol. The van der Waals surface area contributed by atoms with E-state index in [4.69, 9.17) is 4.74 Å². The van der Waals surface area contributed by atoms with Crippen LogP contribution in [0.2, 0.25) is 0 Å². The SMILES string of the molecule is O=C(N[C@H](Cc1ccc(OCc2ccccc2)cc1)C(=O)O)c1cc(F)cc(F)c1. The van der Waals surface area contributed by atoms with E-state index in [0.29, 0.717) is 24.0 Å². The van der Waals surface area contributed by atoms with Crippen molar-refractivity contribution in [3.05, 3.63) is 101 Å². The molecule has 0 aliphatic rings. The van der Waals surface area contributed by atoms with Crippen molar-refractivity contribution in [3.8, 4) is 5.75 Å². The molecule has 0 saturated heterocycles. The molecule has 1 amide bonds. The molecular formula is C23H19F2NO4. The van der Waals surface area contributed by atoms with Crippen molar-refractivity contribution in [2.24, 2.45) is 0 Å². The molecule has 3 aromatic rings. The van der Waals surface area contributed by atoms with Crippen LogP contribution in [0.4, 0.5) is 8.78 Å². The number of amides is 1. The lowest BCUT2D eigenvalue weighted by molar-refractivity contribution is -0.139. The van der Waals surface area contributed by atoms with Crippen LogP contribution in [0.1, 0.15) is 21.5 Å². The number of nitrogens with one attached hydrogen (secondary N) is 1. The van der Waals surface area contributed by atoms with E-state index in [1.807, 2.05) is 30.3 Å². The number of carboxylic acid groups (broad SMARTS) is 1. The first-order chi connectivity index (χ1) is 14.4. The number of carbonyl (C=O) groups is 2. The lowest BCUT2D eigenvalue weighted by atomic mass is 10.1. The Hall–Kier alpha value is -3.74. The highest BCUT2D eigenvalue weighted by Gasteiger charge is 2.22. The molecule has 3 rings (SSSR count). The van der Waals surface area contributed by atoms with Crippen molar-refractivity contribution in [2.45, 2.75) is 19.1 Å². The van der Waals surface area contributed by atoms with Crippen LogP contribution >= 0.6 is 0 Å². The van der Waals surface area contributed by atoms with Crippen LogP contribution in [0, 0.1) is 11.6 Å². The molecule has 2 N–H and O–H groups in total. The van der Waals surface area contributed by atoms with E-state index in [1.165, 1.54) is 0 Å². The van der Waals surface area contributed by atoms with Gasteiger partial charge in [0, 0.05) is 18.1 Å². The fourth-order valence-electron chi connectivity index (χ4n) is 2.82. The van der Waals surface area contributed by atoms with Gasteiger partial charge in [0.15, 0.2) is 0 Å². The zero-order valence-corrected chi connectivity index (χ0v) is 15.8. The van der Waals surface area contributed by atoms with E-state index in [0.717, 1.165) is 17.7 Å². The van der Waals surface area contributed by atoms with Gasteiger partial charge in [-0.2, -0.15) is 0 Å². The first-order valence-corrected chi connectivity index (χ1v) is 9.16. The average molecular weight is 411 g/mol. The number of aliphatic carboxylic acids is 1. The third kappa shape index (κ3) is 5.88. The topological polar surface area (TPSA) is 75.6 Å². The minimum absolute atomic E-state index is 0.00215. The van der Waals surface area contributed by atoms with Crippen molar-refractivity contribution >= 4 is 11.9 Å². The Morgan fingerprint density at radius 1 is 0.900 bits per heavy atom. The molecule has 154 valence electrons. The van der Waals surface area contributed by atoms with E-state index in [-0.39, 0.29) is 12.0 Å². The van der Waals surface area contributed by atoms with Gasteiger partial charge in [0.2, 0.25) is 0 Å². The first-order valence-electron chi connectivity index (χ1n) is 9.16. The summed E-state index contributed by atoms with van der Waals surface area (Å²) in [5.74, 6) is -3.35. The maximum Gasteiger partial charge on any atom is 0.326 e. The van der Waals surface area contributed by atoms with Crippen LogP contribution < -0.4 is 10.1 Å². The van der Waals surface area contributed by atoms with Gasteiger partial charge < -0.3 is 15.2 Å². The van der Waals surface area contributed by atoms with Gasteiger partial charge in [-0.15, -0.1) is 0 Å². The third-order valence-electron chi connectivity index (χ3n) is 4.34. The van der Waals surface area contributed by atoms with Crippen molar-refractivity contribution in [1.82, 2.24) is 5.32 Å². The quantitative estimate of drug-likeness (QED) is 0.588. The van der Waals surface area contributed by atoms with Gasteiger partial charge in [0.05, 0.1) is 0 Å². The Morgan fingerprint density at radius 3 is 2.13 bits per heavy atom. The predicted molar refractivity (Wildman–Crippen MR) is 106 cm³/mol. The molecule has 30 heavy (non-hydrogen) atoms. The molecule has 7 heteroatoms. The minimum Gasteiger partial charge on any atom is -0.489 e. The second kappa shape index (κ2) is 9.65. The Balaban J connectivity index is 1.62. The van der Waals surface area contributed by atoms with E-state index in [9.17, 15) is 23.5 Å². The van der Waals surface area contributed by atoms with Crippen LogP contribution in [0.25, 0.3) is 0 Å².